The molecule has 0 aliphatic rings. The molecule has 0 spiro atoms. The first-order valence-corrected chi connectivity index (χ1v) is 7.57. The summed E-state index contributed by atoms with van der Waals surface area (Å²) >= 11 is 0. The molecule has 0 saturated carbocycles. The highest BCUT2D eigenvalue weighted by molar-refractivity contribution is 7.85. The third-order valence-electron chi connectivity index (χ3n) is 2.80. The fraction of sp³-hybridized carbons (Fsp3) is 0.133. The zero-order valence-electron chi connectivity index (χ0n) is 11.4. The highest BCUT2D eigenvalue weighted by Gasteiger charge is 2.12. The molecule has 6 heteroatoms. The number of hydrogen-bond acceptors (Lipinski definition) is 3. The van der Waals surface area contributed by atoms with Crippen molar-refractivity contribution in [1.29, 1.82) is 0 Å². The second kappa shape index (κ2) is 6.49. The Hall–Kier alpha value is -2.21. The maximum absolute atomic E-state index is 13.1. The van der Waals surface area contributed by atoms with Gasteiger partial charge >= 0.3 is 0 Å². The van der Waals surface area contributed by atoms with Gasteiger partial charge in [0.05, 0.1) is 22.2 Å². The molecule has 0 aromatic heterocycles. The summed E-state index contributed by atoms with van der Waals surface area (Å²) in [4.78, 5) is 12.4. The third kappa shape index (κ3) is 4.13. The molecule has 0 bridgehead atoms. The smallest absolute Gasteiger partial charge is 0.237 e. The first-order valence-electron chi connectivity index (χ1n) is 6.25. The van der Waals surface area contributed by atoms with Crippen molar-refractivity contribution in [1.82, 2.24) is 0 Å². The van der Waals surface area contributed by atoms with Gasteiger partial charge in [-0.05, 0) is 42.8 Å². The molecule has 110 valence electrons. The predicted molar refractivity (Wildman–Crippen MR) is 81.9 cm³/mol. The fourth-order valence-corrected chi connectivity index (χ4v) is 2.81. The molecule has 1 atom stereocenters. The molecule has 4 nitrogen and oxygen atoms in total. The van der Waals surface area contributed by atoms with Crippen LogP contribution < -0.4 is 11.1 Å². The molecule has 1 unspecified atom stereocenters. The van der Waals surface area contributed by atoms with Crippen molar-refractivity contribution in [2.75, 3.05) is 16.8 Å². The van der Waals surface area contributed by atoms with Gasteiger partial charge in [-0.2, -0.15) is 0 Å². The standard InChI is InChI=1S/C15H15FN2O2S/c1-10-3-2-4-12(7-10)21(20)9-15(19)18-14-8-11(16)5-6-13(14)17/h2-8H,9,17H2,1H3,(H,18,19). The van der Waals surface area contributed by atoms with E-state index in [9.17, 15) is 13.4 Å². The molecular weight excluding hydrogens is 291 g/mol. The van der Waals surface area contributed by atoms with E-state index in [1.165, 1.54) is 12.1 Å². The number of carbonyl (C=O) groups is 1. The Morgan fingerprint density at radius 2 is 2.05 bits per heavy atom. The average molecular weight is 306 g/mol. The van der Waals surface area contributed by atoms with Crippen molar-refractivity contribution >= 4 is 28.1 Å². The van der Waals surface area contributed by atoms with Crippen molar-refractivity contribution in [2.45, 2.75) is 11.8 Å². The Balaban J connectivity index is 2.05. The summed E-state index contributed by atoms with van der Waals surface area (Å²) in [6.07, 6.45) is 0. The summed E-state index contributed by atoms with van der Waals surface area (Å²) in [7, 11) is -1.46. The van der Waals surface area contributed by atoms with Gasteiger partial charge in [-0.15, -0.1) is 0 Å². The molecule has 0 aliphatic heterocycles. The first-order chi connectivity index (χ1) is 9.95. The highest BCUT2D eigenvalue weighted by Crippen LogP contribution is 2.19. The zero-order valence-corrected chi connectivity index (χ0v) is 12.2. The minimum Gasteiger partial charge on any atom is -0.397 e. The van der Waals surface area contributed by atoms with Crippen molar-refractivity contribution in [2.24, 2.45) is 0 Å². The second-order valence-corrected chi connectivity index (χ2v) is 6.04. The predicted octanol–water partition coefficient (Wildman–Crippen LogP) is 2.46. The number of nitrogen functional groups attached to an aromatic ring is 1. The lowest BCUT2D eigenvalue weighted by molar-refractivity contribution is -0.113. The van der Waals surface area contributed by atoms with E-state index < -0.39 is 22.5 Å². The van der Waals surface area contributed by atoms with Gasteiger partial charge in [0.2, 0.25) is 5.91 Å². The number of nitrogens with two attached hydrogens (primary N) is 1. The molecular formula is C15H15FN2O2S. The molecule has 0 radical (unpaired) electrons. The number of carbonyl (C=O) groups excluding carboxylic acids is 1. The van der Waals surface area contributed by atoms with Gasteiger partial charge in [0.15, 0.2) is 0 Å². The molecule has 1 amide bonds. The molecule has 0 aliphatic carbocycles. The molecule has 21 heavy (non-hydrogen) atoms. The summed E-state index contributed by atoms with van der Waals surface area (Å²) in [5.74, 6) is -1.19. The van der Waals surface area contributed by atoms with Crippen LogP contribution in [0.15, 0.2) is 47.4 Å². The summed E-state index contributed by atoms with van der Waals surface area (Å²) in [6, 6.07) is 10.8. The van der Waals surface area contributed by atoms with E-state index in [2.05, 4.69) is 5.32 Å². The number of hydrogen-bond donors (Lipinski definition) is 2. The van der Waals surface area contributed by atoms with Gasteiger partial charge in [-0.25, -0.2) is 4.39 Å². The van der Waals surface area contributed by atoms with Crippen molar-refractivity contribution in [3.05, 3.63) is 53.8 Å². The van der Waals surface area contributed by atoms with Crippen LogP contribution in [-0.4, -0.2) is 15.9 Å². The van der Waals surface area contributed by atoms with Gasteiger partial charge in [-0.1, -0.05) is 12.1 Å². The number of anilines is 2. The van der Waals surface area contributed by atoms with Gasteiger partial charge in [0.25, 0.3) is 0 Å². The van der Waals surface area contributed by atoms with Gasteiger partial charge in [0.1, 0.15) is 11.6 Å². The van der Waals surface area contributed by atoms with E-state index in [4.69, 9.17) is 5.73 Å². The lowest BCUT2D eigenvalue weighted by Crippen LogP contribution is -2.20. The van der Waals surface area contributed by atoms with Crippen LogP contribution in [0.3, 0.4) is 0 Å². The minimum absolute atomic E-state index is 0.182. The Labute approximate surface area is 124 Å². The van der Waals surface area contributed by atoms with Crippen LogP contribution in [0.25, 0.3) is 0 Å². The topological polar surface area (TPSA) is 72.2 Å². The summed E-state index contributed by atoms with van der Waals surface area (Å²) in [6.45, 7) is 1.88. The van der Waals surface area contributed by atoms with E-state index in [1.807, 2.05) is 13.0 Å². The number of rotatable bonds is 4. The highest BCUT2D eigenvalue weighted by atomic mass is 32.2. The van der Waals surface area contributed by atoms with Crippen molar-refractivity contribution < 1.29 is 13.4 Å². The van der Waals surface area contributed by atoms with Crippen molar-refractivity contribution in [3.8, 4) is 0 Å². The first kappa shape index (κ1) is 15.2. The van der Waals surface area contributed by atoms with E-state index >= 15 is 0 Å². The number of halogens is 1. The molecule has 2 aromatic carbocycles. The van der Waals surface area contributed by atoms with Gasteiger partial charge in [0, 0.05) is 4.90 Å². The van der Waals surface area contributed by atoms with Crippen LogP contribution >= 0.6 is 0 Å². The zero-order chi connectivity index (χ0) is 15.4. The Bertz CT molecular complexity index is 704. The number of benzene rings is 2. The molecule has 0 fully saturated rings. The third-order valence-corrected chi connectivity index (χ3v) is 4.11. The lowest BCUT2D eigenvalue weighted by Gasteiger charge is -2.08. The largest absolute Gasteiger partial charge is 0.397 e. The van der Waals surface area contributed by atoms with Crippen LogP contribution in [0, 0.1) is 12.7 Å². The van der Waals surface area contributed by atoms with E-state index in [0.29, 0.717) is 4.90 Å². The molecule has 2 aromatic rings. The van der Waals surface area contributed by atoms with Crippen molar-refractivity contribution in [3.63, 3.8) is 0 Å². The van der Waals surface area contributed by atoms with E-state index in [-0.39, 0.29) is 17.1 Å². The van der Waals surface area contributed by atoms with E-state index in [0.717, 1.165) is 11.6 Å². The molecule has 0 heterocycles. The maximum atomic E-state index is 13.1. The number of aryl methyl sites for hydroxylation is 1. The monoisotopic (exact) mass is 306 g/mol. The molecule has 0 saturated heterocycles. The lowest BCUT2D eigenvalue weighted by atomic mass is 10.2. The quantitative estimate of drug-likeness (QED) is 0.852. The van der Waals surface area contributed by atoms with Crippen LogP contribution in [0.4, 0.5) is 15.8 Å². The van der Waals surface area contributed by atoms with Crippen LogP contribution in [0.1, 0.15) is 5.56 Å². The van der Waals surface area contributed by atoms with Gasteiger partial charge in [-0.3, -0.25) is 9.00 Å². The summed E-state index contributed by atoms with van der Waals surface area (Å²) < 4.78 is 25.2. The Morgan fingerprint density at radius 3 is 2.76 bits per heavy atom. The number of amides is 1. The normalized spacial score (nSPS) is 11.9. The summed E-state index contributed by atoms with van der Waals surface area (Å²) in [5, 5.41) is 2.47. The van der Waals surface area contributed by atoms with Gasteiger partial charge < -0.3 is 11.1 Å². The SMILES string of the molecule is Cc1cccc(S(=O)CC(=O)Nc2cc(F)ccc2N)c1. The van der Waals surface area contributed by atoms with Crippen LogP contribution in [-0.2, 0) is 15.6 Å². The van der Waals surface area contributed by atoms with Crippen LogP contribution in [0.5, 0.6) is 0 Å². The summed E-state index contributed by atoms with van der Waals surface area (Å²) in [5.41, 5.74) is 7.05. The molecule has 3 N–H and O–H groups in total. The fourth-order valence-electron chi connectivity index (χ4n) is 1.78. The molecule has 2 rings (SSSR count). The number of nitrogens with one attached hydrogen (secondary N) is 1. The average Bonchev–Trinajstić information content (AvgIpc) is 2.42. The maximum Gasteiger partial charge on any atom is 0.237 e. The van der Waals surface area contributed by atoms with E-state index in [1.54, 1.807) is 18.2 Å². The minimum atomic E-state index is -1.46. The van der Waals surface area contributed by atoms with Crippen LogP contribution in [0.2, 0.25) is 0 Å². The Morgan fingerprint density at radius 1 is 1.29 bits per heavy atom. The second-order valence-electron chi connectivity index (χ2n) is 4.59. The Kier molecular flexibility index (Phi) is 4.70.